The largest absolute Gasteiger partial charge is 0.313 e. The maximum Gasteiger partial charge on any atom is 0.176 e. The van der Waals surface area contributed by atoms with Gasteiger partial charge in [-0.1, -0.05) is 164 Å². The molecule has 0 radical (unpaired) electrons. The van der Waals surface area contributed by atoms with Crippen molar-refractivity contribution in [2.24, 2.45) is 5.92 Å². The summed E-state index contributed by atoms with van der Waals surface area (Å²) >= 11 is 1.93. The minimum Gasteiger partial charge on any atom is -0.313 e. The second-order valence-electron chi connectivity index (χ2n) is 14.4. The van der Waals surface area contributed by atoms with Gasteiger partial charge in [0.1, 0.15) is 0 Å². The quantitative estimate of drug-likeness (QED) is 0.120. The highest BCUT2D eigenvalue weighted by atomic mass is 32.1. The molecule has 3 heteroatoms. The monoisotopic (exact) mass is 701 g/mol. The van der Waals surface area contributed by atoms with Crippen molar-refractivity contribution in [3.8, 4) is 16.8 Å². The highest BCUT2D eigenvalue weighted by Gasteiger charge is 2.45. The van der Waals surface area contributed by atoms with Crippen LogP contribution >= 0.6 is 11.3 Å². The summed E-state index contributed by atoms with van der Waals surface area (Å²) < 4.78 is 5.27. The van der Waals surface area contributed by atoms with Gasteiger partial charge >= 0.3 is 0 Å². The van der Waals surface area contributed by atoms with E-state index in [1.54, 1.807) is 5.20 Å². The number of hydrogen-bond donors (Lipinski definition) is 0. The van der Waals surface area contributed by atoms with Gasteiger partial charge < -0.3 is 4.57 Å². The summed E-state index contributed by atoms with van der Waals surface area (Å²) in [6.07, 6.45) is 15.0. The molecule has 2 aromatic heterocycles. The molecule has 8 aromatic rings. The third-order valence-corrected chi connectivity index (χ3v) is 17.6. The summed E-state index contributed by atoms with van der Waals surface area (Å²) in [5.74, 6) is 0.462. The van der Waals surface area contributed by atoms with E-state index in [1.165, 1.54) is 74.7 Å². The zero-order valence-corrected chi connectivity index (χ0v) is 31.1. The number of para-hydroxylation sites is 1. The summed E-state index contributed by atoms with van der Waals surface area (Å²) in [5.41, 5.74) is 8.00. The molecule has 0 amide bonds. The average Bonchev–Trinajstić information content (AvgIpc) is 3.75. The van der Waals surface area contributed by atoms with Gasteiger partial charge in [-0.15, -0.1) is 11.3 Å². The van der Waals surface area contributed by atoms with E-state index in [2.05, 4.69) is 187 Å². The Morgan fingerprint density at radius 2 is 1.40 bits per heavy atom. The number of rotatable bonds is 6. The highest BCUT2D eigenvalue weighted by molar-refractivity contribution is 7.26. The molecule has 2 atom stereocenters. The summed E-state index contributed by atoms with van der Waals surface area (Å²) in [4.78, 5) is 0. The molecule has 250 valence electrons. The molecule has 2 heterocycles. The molecule has 10 rings (SSSR count). The van der Waals surface area contributed by atoms with Crippen molar-refractivity contribution < 1.29 is 0 Å². The fraction of sp³-hybridized carbons (Fsp3) is 0.102. The Morgan fingerprint density at radius 1 is 0.673 bits per heavy atom. The van der Waals surface area contributed by atoms with Gasteiger partial charge in [0.05, 0.1) is 5.52 Å². The van der Waals surface area contributed by atoms with Crippen LogP contribution in [0.1, 0.15) is 31.0 Å². The third-order valence-electron chi connectivity index (χ3n) is 11.4. The van der Waals surface area contributed by atoms with Crippen molar-refractivity contribution in [2.75, 3.05) is 0 Å². The first-order valence-electron chi connectivity index (χ1n) is 18.5. The van der Waals surface area contributed by atoms with E-state index in [4.69, 9.17) is 0 Å². The normalized spacial score (nSPS) is 16.6. The maximum absolute atomic E-state index is 2.88. The average molecular weight is 702 g/mol. The number of nitrogens with zero attached hydrogens (tertiary/aromatic N) is 1. The third kappa shape index (κ3) is 4.80. The van der Waals surface area contributed by atoms with Crippen LogP contribution in [-0.2, 0) is 6.42 Å². The number of allylic oxidation sites excluding steroid dienone is 5. The van der Waals surface area contributed by atoms with E-state index < -0.39 is 8.07 Å². The first kappa shape index (κ1) is 31.3. The smallest absolute Gasteiger partial charge is 0.176 e. The van der Waals surface area contributed by atoms with Crippen molar-refractivity contribution in [3.05, 3.63) is 186 Å². The van der Waals surface area contributed by atoms with Crippen molar-refractivity contribution in [3.63, 3.8) is 0 Å². The zero-order valence-electron chi connectivity index (χ0n) is 29.3. The highest BCUT2D eigenvalue weighted by Crippen LogP contribution is 2.41. The van der Waals surface area contributed by atoms with Gasteiger partial charge in [-0.2, -0.15) is 0 Å². The molecule has 0 aliphatic heterocycles. The van der Waals surface area contributed by atoms with Gasteiger partial charge in [-0.25, -0.2) is 0 Å². The Balaban J connectivity index is 1.30. The number of fused-ring (bicyclic) bond motifs is 6. The molecule has 1 nitrogen and oxygen atoms in total. The van der Waals surface area contributed by atoms with Gasteiger partial charge in [0.15, 0.2) is 8.07 Å². The van der Waals surface area contributed by atoms with Crippen LogP contribution in [0.3, 0.4) is 0 Å². The van der Waals surface area contributed by atoms with Crippen molar-refractivity contribution >= 4 is 72.1 Å². The molecular formula is C49H39NSSi. The Bertz CT molecular complexity index is 2740. The molecule has 0 saturated carbocycles. The van der Waals surface area contributed by atoms with E-state index in [-0.39, 0.29) is 0 Å². The zero-order chi connectivity index (χ0) is 34.6. The molecule has 0 bridgehead atoms. The summed E-state index contributed by atoms with van der Waals surface area (Å²) in [6.45, 7) is 2.37. The fourth-order valence-corrected chi connectivity index (χ4v) is 15.8. The molecule has 6 aromatic carbocycles. The van der Waals surface area contributed by atoms with Crippen molar-refractivity contribution in [2.45, 2.75) is 26.2 Å². The molecule has 2 unspecified atom stereocenters. The fourth-order valence-electron chi connectivity index (χ4n) is 9.18. The molecule has 0 spiro atoms. The van der Waals surface area contributed by atoms with Crippen LogP contribution < -0.4 is 15.6 Å². The SMILES string of the molecule is CC1C=CC=C([Si](c2ccccc2)(c2cccc(-n3c4c(c5ccccc53)C=CCC4)c2)c2ccccc2-c2cccc3c2sc2ccccc23)C1. The Labute approximate surface area is 310 Å². The summed E-state index contributed by atoms with van der Waals surface area (Å²) in [5, 5.41) is 9.89. The van der Waals surface area contributed by atoms with Crippen LogP contribution in [0.5, 0.6) is 0 Å². The minimum absolute atomic E-state index is 0.462. The van der Waals surface area contributed by atoms with Crippen molar-refractivity contribution in [1.82, 2.24) is 4.57 Å². The molecular weight excluding hydrogens is 663 g/mol. The standard InChI is InChI=1S/C49H39NSSi/c1-34-16-13-20-37(32-34)52(36-18-3-2-4-19-36,38-21-14-17-35(33-38)50-45-28-9-5-22-39(45)40-23-6-10-29-46(40)50)48-31-12-8-25-42(48)44-27-15-26-43-41-24-7-11-30-47(41)51-49(43)44/h2-9,11-28,30-31,33-34H,10,29,32H2,1H3. The molecule has 0 N–H and O–H groups in total. The van der Waals surface area contributed by atoms with E-state index in [0.717, 1.165) is 19.3 Å². The lowest BCUT2D eigenvalue weighted by atomic mass is 10.0. The molecule has 0 fully saturated rings. The number of thiophene rings is 1. The lowest BCUT2D eigenvalue weighted by molar-refractivity contribution is 0.725. The Kier molecular flexibility index (Phi) is 7.59. The van der Waals surface area contributed by atoms with Gasteiger partial charge in [0, 0.05) is 42.5 Å². The molecule has 52 heavy (non-hydrogen) atoms. The lowest BCUT2D eigenvalue weighted by Crippen LogP contribution is -2.69. The summed E-state index contributed by atoms with van der Waals surface area (Å²) in [7, 11) is -2.88. The first-order chi connectivity index (χ1) is 25.7. The molecule has 0 saturated heterocycles. The van der Waals surface area contributed by atoms with Crippen LogP contribution in [0.15, 0.2) is 175 Å². The van der Waals surface area contributed by atoms with Crippen LogP contribution in [0.4, 0.5) is 0 Å². The number of hydrogen-bond acceptors (Lipinski definition) is 1. The second-order valence-corrected chi connectivity index (χ2v) is 19.3. The molecule has 2 aliphatic rings. The van der Waals surface area contributed by atoms with Crippen LogP contribution in [0, 0.1) is 5.92 Å². The Hall–Kier alpha value is -5.48. The second kappa shape index (κ2) is 12.6. The van der Waals surface area contributed by atoms with Gasteiger partial charge in [0.2, 0.25) is 0 Å². The predicted molar refractivity (Wildman–Crippen MR) is 227 cm³/mol. The van der Waals surface area contributed by atoms with E-state index in [1.807, 2.05) is 11.3 Å². The number of benzene rings is 6. The topological polar surface area (TPSA) is 4.93 Å². The van der Waals surface area contributed by atoms with Crippen molar-refractivity contribution in [1.29, 1.82) is 0 Å². The van der Waals surface area contributed by atoms with Gasteiger partial charge in [-0.3, -0.25) is 0 Å². The van der Waals surface area contributed by atoms with Gasteiger partial charge in [0.25, 0.3) is 0 Å². The predicted octanol–water partition coefficient (Wildman–Crippen LogP) is 11.2. The lowest BCUT2D eigenvalue weighted by Gasteiger charge is -2.39. The van der Waals surface area contributed by atoms with Crippen LogP contribution in [-0.4, -0.2) is 12.6 Å². The minimum atomic E-state index is -2.88. The maximum atomic E-state index is 2.56. The van der Waals surface area contributed by atoms with E-state index >= 15 is 0 Å². The van der Waals surface area contributed by atoms with Crippen LogP contribution in [0.25, 0.3) is 54.0 Å². The van der Waals surface area contributed by atoms with Crippen LogP contribution in [0.2, 0.25) is 0 Å². The van der Waals surface area contributed by atoms with E-state index in [9.17, 15) is 0 Å². The van der Waals surface area contributed by atoms with Gasteiger partial charge in [-0.05, 0) is 76.1 Å². The Morgan fingerprint density at radius 3 is 2.31 bits per heavy atom. The molecule has 2 aliphatic carbocycles. The van der Waals surface area contributed by atoms with E-state index in [0.29, 0.717) is 5.92 Å². The number of aromatic nitrogens is 1. The summed E-state index contributed by atoms with van der Waals surface area (Å²) in [6, 6.07) is 55.3. The first-order valence-corrected chi connectivity index (χ1v) is 21.4.